The van der Waals surface area contributed by atoms with Crippen molar-refractivity contribution in [2.75, 3.05) is 0 Å². The number of hydrogen-bond donors (Lipinski definition) is 0. The van der Waals surface area contributed by atoms with Crippen LogP contribution >= 0.6 is 0 Å². The average molecular weight is 216 g/mol. The topological polar surface area (TPSA) is 35.6 Å². The number of rotatable bonds is 1. The van der Waals surface area contributed by atoms with Crippen LogP contribution in [-0.2, 0) is 0 Å². The summed E-state index contributed by atoms with van der Waals surface area (Å²) in [5, 5.41) is 4.07. The van der Waals surface area contributed by atoms with Gasteiger partial charge in [-0.2, -0.15) is 9.89 Å². The fraction of sp³-hybridized carbons (Fsp3) is 0.0909. The molecule has 0 N–H and O–H groups in total. The lowest BCUT2D eigenvalue weighted by atomic mass is 10.3. The van der Waals surface area contributed by atoms with E-state index in [-0.39, 0.29) is 5.82 Å². The van der Waals surface area contributed by atoms with Crippen LogP contribution in [-0.4, -0.2) is 19.5 Å². The molecule has 2 heterocycles. The van der Waals surface area contributed by atoms with Crippen molar-refractivity contribution in [3.63, 3.8) is 0 Å². The molecule has 0 bridgehead atoms. The van der Waals surface area contributed by atoms with Crippen molar-refractivity contribution in [2.24, 2.45) is 0 Å². The standard InChI is InChI=1S/C11H9FN4/c1-8-9(12)6-16(14-8)15-7-13-10-4-2-3-5-11(10)15/h2-7H,1H3. The van der Waals surface area contributed by atoms with Crippen LogP contribution in [0.2, 0.25) is 0 Å². The van der Waals surface area contributed by atoms with Crippen LogP contribution in [0.1, 0.15) is 5.69 Å². The number of benzene rings is 1. The van der Waals surface area contributed by atoms with Gasteiger partial charge in [-0.3, -0.25) is 0 Å². The van der Waals surface area contributed by atoms with E-state index in [1.54, 1.807) is 17.9 Å². The number of nitrogens with zero attached hydrogens (tertiary/aromatic N) is 4. The highest BCUT2D eigenvalue weighted by Crippen LogP contribution is 2.12. The van der Waals surface area contributed by atoms with E-state index in [0.717, 1.165) is 11.0 Å². The molecule has 2 aromatic heterocycles. The molecule has 0 saturated heterocycles. The molecule has 0 unspecified atom stereocenters. The summed E-state index contributed by atoms with van der Waals surface area (Å²) in [4.78, 5) is 5.66. The molecule has 0 radical (unpaired) electrons. The van der Waals surface area contributed by atoms with Gasteiger partial charge in [-0.25, -0.2) is 14.1 Å². The highest BCUT2D eigenvalue weighted by atomic mass is 19.1. The van der Waals surface area contributed by atoms with Crippen LogP contribution in [0.25, 0.3) is 11.0 Å². The van der Waals surface area contributed by atoms with Gasteiger partial charge < -0.3 is 0 Å². The fourth-order valence-corrected chi connectivity index (χ4v) is 1.64. The molecule has 16 heavy (non-hydrogen) atoms. The molecule has 80 valence electrons. The Morgan fingerprint density at radius 3 is 2.81 bits per heavy atom. The number of aryl methyl sites for hydroxylation is 1. The molecule has 5 heteroatoms. The van der Waals surface area contributed by atoms with E-state index in [9.17, 15) is 4.39 Å². The van der Waals surface area contributed by atoms with E-state index in [2.05, 4.69) is 10.1 Å². The van der Waals surface area contributed by atoms with Gasteiger partial charge in [-0.05, 0) is 19.1 Å². The summed E-state index contributed by atoms with van der Waals surface area (Å²) in [6.45, 7) is 1.63. The molecule has 0 amide bonds. The molecule has 0 aliphatic carbocycles. The SMILES string of the molecule is Cc1nn(-n2cnc3ccccc32)cc1F. The number of hydrogen-bond acceptors (Lipinski definition) is 2. The van der Waals surface area contributed by atoms with E-state index in [1.807, 2.05) is 24.3 Å². The molecule has 0 fully saturated rings. The first-order valence-electron chi connectivity index (χ1n) is 4.90. The Morgan fingerprint density at radius 2 is 2.06 bits per heavy atom. The lowest BCUT2D eigenvalue weighted by Gasteiger charge is -2.02. The molecular formula is C11H9FN4. The van der Waals surface area contributed by atoms with Crippen molar-refractivity contribution in [1.82, 2.24) is 19.5 Å². The summed E-state index contributed by atoms with van der Waals surface area (Å²) in [6, 6.07) is 7.64. The summed E-state index contributed by atoms with van der Waals surface area (Å²) < 4.78 is 14.9. The number of fused-ring (bicyclic) bond motifs is 1. The molecular weight excluding hydrogens is 207 g/mol. The van der Waals surface area contributed by atoms with Crippen molar-refractivity contribution in [3.05, 3.63) is 48.3 Å². The maximum Gasteiger partial charge on any atom is 0.166 e. The normalized spacial score (nSPS) is 11.1. The number of halogens is 1. The van der Waals surface area contributed by atoms with Gasteiger partial charge >= 0.3 is 0 Å². The molecule has 0 spiro atoms. The second-order valence-corrected chi connectivity index (χ2v) is 3.56. The summed E-state index contributed by atoms with van der Waals surface area (Å²) in [5.74, 6) is -0.321. The lowest BCUT2D eigenvalue weighted by molar-refractivity contribution is 0.577. The average Bonchev–Trinajstić information content (AvgIpc) is 2.83. The minimum absolute atomic E-state index is 0.321. The highest BCUT2D eigenvalue weighted by molar-refractivity contribution is 5.74. The third-order valence-electron chi connectivity index (χ3n) is 2.48. The zero-order valence-corrected chi connectivity index (χ0v) is 8.63. The molecule has 3 aromatic rings. The van der Waals surface area contributed by atoms with Crippen LogP contribution in [0.4, 0.5) is 4.39 Å². The van der Waals surface area contributed by atoms with Crippen LogP contribution in [0.3, 0.4) is 0 Å². The third kappa shape index (κ3) is 1.21. The smallest absolute Gasteiger partial charge is 0.166 e. The van der Waals surface area contributed by atoms with E-state index in [4.69, 9.17) is 0 Å². The van der Waals surface area contributed by atoms with Crippen LogP contribution in [0, 0.1) is 12.7 Å². The van der Waals surface area contributed by atoms with E-state index >= 15 is 0 Å². The van der Waals surface area contributed by atoms with Crippen LogP contribution in [0.15, 0.2) is 36.8 Å². The minimum Gasteiger partial charge on any atom is -0.235 e. The zero-order valence-electron chi connectivity index (χ0n) is 8.63. The van der Waals surface area contributed by atoms with Gasteiger partial charge in [0.2, 0.25) is 0 Å². The summed E-state index contributed by atoms with van der Waals surface area (Å²) in [6.07, 6.45) is 2.96. The van der Waals surface area contributed by atoms with Crippen LogP contribution < -0.4 is 0 Å². The second-order valence-electron chi connectivity index (χ2n) is 3.56. The van der Waals surface area contributed by atoms with Gasteiger partial charge in [0.05, 0.1) is 22.9 Å². The molecule has 0 saturated carbocycles. The molecule has 4 nitrogen and oxygen atoms in total. The number of para-hydroxylation sites is 2. The Kier molecular flexibility index (Phi) is 1.80. The Hall–Kier alpha value is -2.17. The number of aromatic nitrogens is 4. The molecule has 0 atom stereocenters. The van der Waals surface area contributed by atoms with Gasteiger partial charge in [0.1, 0.15) is 6.33 Å². The van der Waals surface area contributed by atoms with Crippen molar-refractivity contribution >= 4 is 11.0 Å². The van der Waals surface area contributed by atoms with Gasteiger partial charge in [-0.1, -0.05) is 12.1 Å². The maximum atomic E-state index is 13.2. The van der Waals surface area contributed by atoms with Gasteiger partial charge in [0.25, 0.3) is 0 Å². The fourth-order valence-electron chi connectivity index (χ4n) is 1.64. The van der Waals surface area contributed by atoms with E-state index < -0.39 is 0 Å². The minimum atomic E-state index is -0.321. The van der Waals surface area contributed by atoms with Crippen LogP contribution in [0.5, 0.6) is 0 Å². The summed E-state index contributed by atoms with van der Waals surface area (Å²) in [5.41, 5.74) is 2.12. The monoisotopic (exact) mass is 216 g/mol. The quantitative estimate of drug-likeness (QED) is 0.623. The second kappa shape index (κ2) is 3.16. The third-order valence-corrected chi connectivity index (χ3v) is 2.48. The summed E-state index contributed by atoms with van der Waals surface area (Å²) in [7, 11) is 0. The van der Waals surface area contributed by atoms with Crippen molar-refractivity contribution in [1.29, 1.82) is 0 Å². The maximum absolute atomic E-state index is 13.2. The first kappa shape index (κ1) is 9.08. The predicted molar refractivity (Wildman–Crippen MR) is 57.5 cm³/mol. The molecule has 1 aromatic carbocycles. The molecule has 3 rings (SSSR count). The first-order chi connectivity index (χ1) is 7.75. The Morgan fingerprint density at radius 1 is 1.25 bits per heavy atom. The predicted octanol–water partition coefficient (Wildman–Crippen LogP) is 1.99. The summed E-state index contributed by atoms with van der Waals surface area (Å²) >= 11 is 0. The van der Waals surface area contributed by atoms with E-state index in [0.29, 0.717) is 5.69 Å². The Labute approximate surface area is 90.9 Å². The van der Waals surface area contributed by atoms with Gasteiger partial charge in [0.15, 0.2) is 5.82 Å². The first-order valence-corrected chi connectivity index (χ1v) is 4.90. The van der Waals surface area contributed by atoms with Gasteiger partial charge in [-0.15, -0.1) is 0 Å². The Balaban J connectivity index is 2.26. The van der Waals surface area contributed by atoms with Crippen molar-refractivity contribution < 1.29 is 4.39 Å². The molecule has 0 aliphatic rings. The van der Waals surface area contributed by atoms with Crippen molar-refractivity contribution in [3.8, 4) is 0 Å². The zero-order chi connectivity index (χ0) is 11.1. The van der Waals surface area contributed by atoms with E-state index in [1.165, 1.54) is 11.0 Å². The Bertz CT molecular complexity index is 633. The number of imidazole rings is 1. The largest absolute Gasteiger partial charge is 0.235 e. The van der Waals surface area contributed by atoms with Crippen molar-refractivity contribution in [2.45, 2.75) is 6.92 Å². The van der Waals surface area contributed by atoms with Gasteiger partial charge in [0, 0.05) is 0 Å². The molecule has 0 aliphatic heterocycles. The highest BCUT2D eigenvalue weighted by Gasteiger charge is 2.07. The lowest BCUT2D eigenvalue weighted by Crippen LogP contribution is -2.08.